The summed E-state index contributed by atoms with van der Waals surface area (Å²) in [6.45, 7) is 4.68. The normalized spacial score (nSPS) is 24.0. The van der Waals surface area contributed by atoms with Gasteiger partial charge in [0.25, 0.3) is 0 Å². The van der Waals surface area contributed by atoms with Crippen molar-refractivity contribution in [1.82, 2.24) is 9.88 Å². The Morgan fingerprint density at radius 2 is 2.05 bits per heavy atom. The summed E-state index contributed by atoms with van der Waals surface area (Å²) >= 11 is 5.00. The van der Waals surface area contributed by atoms with Crippen molar-refractivity contribution in [1.29, 1.82) is 0 Å². The summed E-state index contributed by atoms with van der Waals surface area (Å²) in [6, 6.07) is 6.60. The highest BCUT2D eigenvalue weighted by molar-refractivity contribution is 7.80. The Balaban J connectivity index is 1.70. The zero-order valence-corrected chi connectivity index (χ0v) is 11.9. The van der Waals surface area contributed by atoms with Crippen LogP contribution in [0.3, 0.4) is 0 Å². The van der Waals surface area contributed by atoms with E-state index in [2.05, 4.69) is 14.8 Å². The minimum atomic E-state index is 0.372. The Hall–Kier alpha value is -1.20. The fraction of sp³-hybridized carbons (Fsp3) is 0.571. The van der Waals surface area contributed by atoms with E-state index in [9.17, 15) is 0 Å². The molecule has 19 heavy (non-hydrogen) atoms. The molecule has 2 saturated heterocycles. The first-order chi connectivity index (χ1) is 9.24. The van der Waals surface area contributed by atoms with Crippen molar-refractivity contribution >= 4 is 23.0 Å². The maximum absolute atomic E-state index is 5.65. The Labute approximate surface area is 119 Å². The van der Waals surface area contributed by atoms with Gasteiger partial charge in [-0.2, -0.15) is 0 Å². The molecule has 2 aliphatic rings. The molecule has 0 aromatic carbocycles. The van der Waals surface area contributed by atoms with E-state index in [1.54, 1.807) is 0 Å². The molecule has 2 fully saturated rings. The van der Waals surface area contributed by atoms with Gasteiger partial charge in [-0.1, -0.05) is 18.3 Å². The lowest BCUT2D eigenvalue weighted by Crippen LogP contribution is -2.35. The van der Waals surface area contributed by atoms with Crippen LogP contribution in [0.1, 0.15) is 25.0 Å². The number of thiocarbonyl (C=S) groups is 1. The van der Waals surface area contributed by atoms with Crippen LogP contribution in [0, 0.1) is 0 Å². The van der Waals surface area contributed by atoms with Crippen LogP contribution in [0.15, 0.2) is 18.2 Å². The molecule has 5 heteroatoms. The monoisotopic (exact) mass is 276 g/mol. The van der Waals surface area contributed by atoms with E-state index in [1.807, 2.05) is 18.2 Å². The number of aromatic nitrogens is 1. The van der Waals surface area contributed by atoms with Crippen molar-refractivity contribution < 1.29 is 0 Å². The molecule has 0 amide bonds. The third-order valence-corrected chi connectivity index (χ3v) is 4.34. The second-order valence-corrected chi connectivity index (χ2v) is 5.82. The van der Waals surface area contributed by atoms with Gasteiger partial charge in [0.1, 0.15) is 10.8 Å². The SMILES string of the molecule is NC(=S)c1cccc(N2CCC(N3CCCC3)C2)n1. The number of pyridine rings is 1. The highest BCUT2D eigenvalue weighted by atomic mass is 32.1. The Morgan fingerprint density at radius 1 is 1.26 bits per heavy atom. The van der Waals surface area contributed by atoms with Gasteiger partial charge in [0.05, 0.1) is 5.69 Å². The number of anilines is 1. The molecular formula is C14H20N4S. The molecule has 3 rings (SSSR count). The van der Waals surface area contributed by atoms with Gasteiger partial charge in [0, 0.05) is 19.1 Å². The van der Waals surface area contributed by atoms with E-state index in [1.165, 1.54) is 32.4 Å². The molecule has 0 spiro atoms. The van der Waals surface area contributed by atoms with Crippen LogP contribution in [0.25, 0.3) is 0 Å². The van der Waals surface area contributed by atoms with Gasteiger partial charge in [-0.05, 0) is 44.5 Å². The second kappa shape index (κ2) is 5.43. The van der Waals surface area contributed by atoms with Crippen LogP contribution >= 0.6 is 12.2 Å². The van der Waals surface area contributed by atoms with Crippen LogP contribution in [-0.4, -0.2) is 47.1 Å². The molecule has 0 saturated carbocycles. The highest BCUT2D eigenvalue weighted by Gasteiger charge is 2.29. The predicted molar refractivity (Wildman–Crippen MR) is 81.5 cm³/mol. The number of rotatable bonds is 3. The maximum Gasteiger partial charge on any atom is 0.129 e. The molecule has 4 nitrogen and oxygen atoms in total. The predicted octanol–water partition coefficient (Wildman–Crippen LogP) is 1.39. The van der Waals surface area contributed by atoms with Gasteiger partial charge in [0.2, 0.25) is 0 Å². The maximum atomic E-state index is 5.65. The topological polar surface area (TPSA) is 45.4 Å². The average molecular weight is 276 g/mol. The number of nitrogens with zero attached hydrogens (tertiary/aromatic N) is 3. The van der Waals surface area contributed by atoms with Crippen LogP contribution < -0.4 is 10.6 Å². The van der Waals surface area contributed by atoms with E-state index >= 15 is 0 Å². The second-order valence-electron chi connectivity index (χ2n) is 5.38. The lowest BCUT2D eigenvalue weighted by Gasteiger charge is -2.24. The summed E-state index contributed by atoms with van der Waals surface area (Å²) in [4.78, 5) is 9.90. The molecule has 102 valence electrons. The van der Waals surface area contributed by atoms with E-state index in [0.717, 1.165) is 24.6 Å². The van der Waals surface area contributed by atoms with E-state index < -0.39 is 0 Å². The summed E-state index contributed by atoms with van der Waals surface area (Å²) in [5.41, 5.74) is 6.37. The highest BCUT2D eigenvalue weighted by Crippen LogP contribution is 2.24. The van der Waals surface area contributed by atoms with Crippen molar-refractivity contribution in [2.45, 2.75) is 25.3 Å². The molecule has 2 N–H and O–H groups in total. The zero-order chi connectivity index (χ0) is 13.2. The first kappa shape index (κ1) is 12.8. The van der Waals surface area contributed by atoms with Crippen LogP contribution in [-0.2, 0) is 0 Å². The molecule has 1 aromatic rings. The lowest BCUT2D eigenvalue weighted by atomic mass is 10.2. The Morgan fingerprint density at radius 3 is 2.79 bits per heavy atom. The third kappa shape index (κ3) is 2.72. The third-order valence-electron chi connectivity index (χ3n) is 4.13. The van der Waals surface area contributed by atoms with Crippen LogP contribution in [0.4, 0.5) is 5.82 Å². The van der Waals surface area contributed by atoms with Gasteiger partial charge in [-0.25, -0.2) is 4.98 Å². The largest absolute Gasteiger partial charge is 0.388 e. The van der Waals surface area contributed by atoms with Crippen LogP contribution in [0.5, 0.6) is 0 Å². The fourth-order valence-electron chi connectivity index (χ4n) is 3.09. The Bertz CT molecular complexity index is 470. The number of likely N-dealkylation sites (tertiary alicyclic amines) is 1. The molecule has 1 aromatic heterocycles. The standard InChI is InChI=1S/C14H20N4S/c15-14(19)12-4-3-5-13(16-12)18-9-6-11(10-18)17-7-1-2-8-17/h3-5,11H,1-2,6-10H2,(H2,15,19). The van der Waals surface area contributed by atoms with Gasteiger partial charge in [-0.15, -0.1) is 0 Å². The molecule has 0 bridgehead atoms. The summed E-state index contributed by atoms with van der Waals surface area (Å²) < 4.78 is 0. The van der Waals surface area contributed by atoms with Gasteiger partial charge in [-0.3, -0.25) is 4.90 Å². The smallest absolute Gasteiger partial charge is 0.129 e. The van der Waals surface area contributed by atoms with Gasteiger partial charge in [0.15, 0.2) is 0 Å². The molecular weight excluding hydrogens is 256 g/mol. The molecule has 2 aliphatic heterocycles. The van der Waals surface area contributed by atoms with Gasteiger partial charge >= 0.3 is 0 Å². The summed E-state index contributed by atoms with van der Waals surface area (Å²) in [5, 5.41) is 0. The van der Waals surface area contributed by atoms with E-state index in [0.29, 0.717) is 11.0 Å². The lowest BCUT2D eigenvalue weighted by molar-refractivity contribution is 0.260. The molecule has 0 aliphatic carbocycles. The summed E-state index contributed by atoms with van der Waals surface area (Å²) in [7, 11) is 0. The van der Waals surface area contributed by atoms with Crippen molar-refractivity contribution in [3.05, 3.63) is 23.9 Å². The zero-order valence-electron chi connectivity index (χ0n) is 11.1. The molecule has 1 atom stereocenters. The number of nitrogens with two attached hydrogens (primary N) is 1. The summed E-state index contributed by atoms with van der Waals surface area (Å²) in [6.07, 6.45) is 3.94. The fourth-order valence-corrected chi connectivity index (χ4v) is 3.20. The van der Waals surface area contributed by atoms with Crippen LogP contribution in [0.2, 0.25) is 0 Å². The Kier molecular flexibility index (Phi) is 3.66. The summed E-state index contributed by atoms with van der Waals surface area (Å²) in [5.74, 6) is 1.01. The first-order valence-electron chi connectivity index (χ1n) is 7.00. The molecule has 0 radical (unpaired) electrons. The first-order valence-corrected chi connectivity index (χ1v) is 7.41. The molecule has 1 unspecified atom stereocenters. The van der Waals surface area contributed by atoms with Gasteiger partial charge < -0.3 is 10.6 Å². The number of hydrogen-bond acceptors (Lipinski definition) is 4. The average Bonchev–Trinajstić information content (AvgIpc) is 3.09. The van der Waals surface area contributed by atoms with Crippen molar-refractivity contribution in [2.24, 2.45) is 5.73 Å². The van der Waals surface area contributed by atoms with Crippen molar-refractivity contribution in [3.8, 4) is 0 Å². The minimum absolute atomic E-state index is 0.372. The minimum Gasteiger partial charge on any atom is -0.388 e. The van der Waals surface area contributed by atoms with Crippen molar-refractivity contribution in [3.63, 3.8) is 0 Å². The molecule has 3 heterocycles. The van der Waals surface area contributed by atoms with E-state index in [-0.39, 0.29) is 0 Å². The quantitative estimate of drug-likeness (QED) is 0.845. The number of hydrogen-bond donors (Lipinski definition) is 1. The van der Waals surface area contributed by atoms with Crippen molar-refractivity contribution in [2.75, 3.05) is 31.1 Å². The van der Waals surface area contributed by atoms with E-state index in [4.69, 9.17) is 18.0 Å².